The van der Waals surface area contributed by atoms with Gasteiger partial charge in [0.05, 0.1) is 11.1 Å². The van der Waals surface area contributed by atoms with E-state index in [1.54, 1.807) is 40.2 Å². The average Bonchev–Trinajstić information content (AvgIpc) is 3.10. The molecule has 29 heavy (non-hydrogen) atoms. The summed E-state index contributed by atoms with van der Waals surface area (Å²) in [7, 11) is 0. The first-order valence-electron chi connectivity index (χ1n) is 10.0. The molecular weight excluding hydrogens is 424 g/mol. The van der Waals surface area contributed by atoms with Crippen LogP contribution >= 0.6 is 34.7 Å². The van der Waals surface area contributed by atoms with Gasteiger partial charge in [-0.2, -0.15) is 0 Å². The number of hydrogen-bond acceptors (Lipinski definition) is 5. The lowest BCUT2D eigenvalue weighted by atomic mass is 9.97. The number of hydrogen-bond donors (Lipinski definition) is 0. The smallest absolute Gasteiger partial charge is 0.263 e. The second-order valence-electron chi connectivity index (χ2n) is 7.31. The maximum absolute atomic E-state index is 13.4. The van der Waals surface area contributed by atoms with E-state index in [0.717, 1.165) is 42.3 Å². The van der Waals surface area contributed by atoms with Crippen LogP contribution in [0.5, 0.6) is 0 Å². The van der Waals surface area contributed by atoms with Crippen molar-refractivity contribution in [1.29, 1.82) is 0 Å². The Labute approximate surface area is 183 Å². The molecule has 0 unspecified atom stereocenters. The number of nitrogens with zero attached hydrogens (tertiary/aromatic N) is 2. The molecule has 7 heteroatoms. The Morgan fingerprint density at radius 1 is 1.24 bits per heavy atom. The van der Waals surface area contributed by atoms with E-state index in [2.05, 4.69) is 6.92 Å². The lowest BCUT2D eigenvalue weighted by molar-refractivity contribution is 0.102. The Hall–Kier alpha value is -1.63. The van der Waals surface area contributed by atoms with Crippen molar-refractivity contribution in [3.8, 4) is 0 Å². The number of ketones is 1. The van der Waals surface area contributed by atoms with Crippen LogP contribution in [-0.4, -0.2) is 21.1 Å². The third kappa shape index (κ3) is 4.30. The summed E-state index contributed by atoms with van der Waals surface area (Å²) in [5.74, 6) is 0.255. The number of halogens is 1. The maximum Gasteiger partial charge on any atom is 0.263 e. The van der Waals surface area contributed by atoms with Gasteiger partial charge in [0.15, 0.2) is 10.9 Å². The molecule has 1 aliphatic carbocycles. The number of aromatic nitrogens is 2. The van der Waals surface area contributed by atoms with E-state index in [9.17, 15) is 9.59 Å². The van der Waals surface area contributed by atoms with Gasteiger partial charge in [-0.3, -0.25) is 14.2 Å². The molecular formula is C22H23ClN2O2S2. The van der Waals surface area contributed by atoms with Gasteiger partial charge in [0.1, 0.15) is 4.83 Å². The number of thiophene rings is 1. The van der Waals surface area contributed by atoms with Crippen molar-refractivity contribution in [2.45, 2.75) is 57.1 Å². The normalized spacial score (nSPS) is 13.6. The first kappa shape index (κ1) is 20.6. The van der Waals surface area contributed by atoms with Crippen molar-refractivity contribution in [3.63, 3.8) is 0 Å². The number of carbonyl (C=O) groups excluding carboxylic acids is 1. The summed E-state index contributed by atoms with van der Waals surface area (Å²) in [6, 6.07) is 6.91. The van der Waals surface area contributed by atoms with Gasteiger partial charge in [-0.15, -0.1) is 11.3 Å². The molecule has 1 aliphatic rings. The molecule has 0 amide bonds. The predicted molar refractivity (Wildman–Crippen MR) is 122 cm³/mol. The number of unbranched alkanes of at least 4 members (excludes halogenated alkanes) is 1. The van der Waals surface area contributed by atoms with Crippen LogP contribution in [0.15, 0.2) is 34.2 Å². The fourth-order valence-electron chi connectivity index (χ4n) is 3.69. The van der Waals surface area contributed by atoms with E-state index in [4.69, 9.17) is 16.6 Å². The van der Waals surface area contributed by atoms with Gasteiger partial charge in [0, 0.05) is 22.0 Å². The molecule has 2 aromatic heterocycles. The van der Waals surface area contributed by atoms with Crippen molar-refractivity contribution in [1.82, 2.24) is 9.55 Å². The fourth-order valence-corrected chi connectivity index (χ4v) is 6.04. The molecule has 0 spiro atoms. The number of fused-ring (bicyclic) bond motifs is 3. The van der Waals surface area contributed by atoms with Crippen molar-refractivity contribution in [3.05, 3.63) is 55.6 Å². The van der Waals surface area contributed by atoms with Crippen LogP contribution in [0.3, 0.4) is 0 Å². The van der Waals surface area contributed by atoms with Crippen LogP contribution < -0.4 is 5.56 Å². The van der Waals surface area contributed by atoms with E-state index >= 15 is 0 Å². The summed E-state index contributed by atoms with van der Waals surface area (Å²) < 4.78 is 1.78. The van der Waals surface area contributed by atoms with Gasteiger partial charge in [-0.05, 0) is 61.9 Å². The van der Waals surface area contributed by atoms with Crippen molar-refractivity contribution in [2.24, 2.45) is 0 Å². The van der Waals surface area contributed by atoms with Crippen LogP contribution in [0.1, 0.15) is 53.4 Å². The van der Waals surface area contributed by atoms with Gasteiger partial charge in [0.2, 0.25) is 0 Å². The minimum absolute atomic E-state index is 0.00790. The van der Waals surface area contributed by atoms with Crippen LogP contribution in [-0.2, 0) is 19.4 Å². The molecule has 0 atom stereocenters. The fraction of sp³-hybridized carbons (Fsp3) is 0.409. The molecule has 0 bridgehead atoms. The summed E-state index contributed by atoms with van der Waals surface area (Å²) in [4.78, 5) is 32.9. The average molecular weight is 447 g/mol. The van der Waals surface area contributed by atoms with E-state index in [1.165, 1.54) is 28.6 Å². The Morgan fingerprint density at radius 2 is 2.00 bits per heavy atom. The third-order valence-corrected chi connectivity index (χ3v) is 7.69. The monoisotopic (exact) mass is 446 g/mol. The first-order chi connectivity index (χ1) is 14.1. The van der Waals surface area contributed by atoms with Gasteiger partial charge < -0.3 is 0 Å². The van der Waals surface area contributed by atoms with Crippen LogP contribution in [0.25, 0.3) is 10.2 Å². The SMILES string of the molecule is CCCCn1c(SCC(=O)c2ccc(Cl)cc2)nc2sc3c(c2c1=O)CCCC3. The summed E-state index contributed by atoms with van der Waals surface area (Å²) in [6.07, 6.45) is 6.25. The minimum Gasteiger partial charge on any atom is -0.293 e. The second-order valence-corrected chi connectivity index (χ2v) is 9.78. The number of thioether (sulfide) groups is 1. The summed E-state index contributed by atoms with van der Waals surface area (Å²) in [5.41, 5.74) is 1.90. The number of carbonyl (C=O) groups is 1. The molecule has 4 nitrogen and oxygen atoms in total. The minimum atomic E-state index is 0.00790. The molecule has 3 aromatic rings. The molecule has 0 saturated carbocycles. The molecule has 0 aliphatic heterocycles. The number of aryl methyl sites for hydroxylation is 2. The zero-order valence-electron chi connectivity index (χ0n) is 16.4. The van der Waals surface area contributed by atoms with Crippen LogP contribution in [0.2, 0.25) is 5.02 Å². The highest BCUT2D eigenvalue weighted by Gasteiger charge is 2.22. The highest BCUT2D eigenvalue weighted by atomic mass is 35.5. The predicted octanol–water partition coefficient (Wildman–Crippen LogP) is 5.77. The maximum atomic E-state index is 13.4. The van der Waals surface area contributed by atoms with Gasteiger partial charge in [0.25, 0.3) is 5.56 Å². The quantitative estimate of drug-likeness (QED) is 0.263. The molecule has 0 fully saturated rings. The molecule has 152 valence electrons. The molecule has 0 saturated heterocycles. The largest absolute Gasteiger partial charge is 0.293 e. The lowest BCUT2D eigenvalue weighted by Crippen LogP contribution is -2.24. The molecule has 4 rings (SSSR count). The molecule has 0 radical (unpaired) electrons. The number of rotatable bonds is 7. The van der Waals surface area contributed by atoms with Gasteiger partial charge in [-0.25, -0.2) is 4.98 Å². The van der Waals surface area contributed by atoms with Crippen molar-refractivity contribution in [2.75, 3.05) is 5.75 Å². The standard InChI is InChI=1S/C22H23ClN2O2S2/c1-2-3-12-25-21(27)19-16-6-4-5-7-18(16)29-20(19)24-22(25)28-13-17(26)14-8-10-15(23)11-9-14/h8-11H,2-7,12-13H2,1H3. The van der Waals surface area contributed by atoms with Crippen LogP contribution in [0, 0.1) is 0 Å². The number of benzene rings is 1. The Bertz CT molecular complexity index is 1100. The topological polar surface area (TPSA) is 52.0 Å². The van der Waals surface area contributed by atoms with Gasteiger partial charge >= 0.3 is 0 Å². The lowest BCUT2D eigenvalue weighted by Gasteiger charge is -2.13. The Kier molecular flexibility index (Phi) is 6.42. The van der Waals surface area contributed by atoms with Crippen molar-refractivity contribution >= 4 is 50.7 Å². The first-order valence-corrected chi connectivity index (χ1v) is 12.2. The highest BCUT2D eigenvalue weighted by molar-refractivity contribution is 7.99. The summed E-state index contributed by atoms with van der Waals surface area (Å²) >= 11 is 8.92. The molecule has 2 heterocycles. The Morgan fingerprint density at radius 3 is 2.76 bits per heavy atom. The molecule has 0 N–H and O–H groups in total. The van der Waals surface area contributed by atoms with E-state index in [1.807, 2.05) is 0 Å². The molecule has 1 aromatic carbocycles. The van der Waals surface area contributed by atoms with E-state index < -0.39 is 0 Å². The van der Waals surface area contributed by atoms with E-state index in [0.29, 0.717) is 22.3 Å². The van der Waals surface area contributed by atoms with Crippen molar-refractivity contribution < 1.29 is 4.79 Å². The second kappa shape index (κ2) is 9.02. The zero-order chi connectivity index (χ0) is 20.4. The summed E-state index contributed by atoms with van der Waals surface area (Å²) in [5, 5.41) is 2.07. The third-order valence-electron chi connectivity index (χ3n) is 5.27. The van der Waals surface area contributed by atoms with E-state index in [-0.39, 0.29) is 17.1 Å². The summed E-state index contributed by atoms with van der Waals surface area (Å²) in [6.45, 7) is 2.75. The zero-order valence-corrected chi connectivity index (χ0v) is 18.8. The Balaban J connectivity index is 1.67. The van der Waals surface area contributed by atoms with Crippen LogP contribution in [0.4, 0.5) is 0 Å². The van der Waals surface area contributed by atoms with Gasteiger partial charge in [-0.1, -0.05) is 36.7 Å². The highest BCUT2D eigenvalue weighted by Crippen LogP contribution is 2.34. The number of Topliss-reactive ketones (excluding diaryl/α,β-unsaturated/α-hetero) is 1.